The minimum Gasteiger partial charge on any atom is -0.398 e. The molecule has 0 aliphatic heterocycles. The number of halogens is 4. The van der Waals surface area contributed by atoms with Crippen molar-refractivity contribution in [2.24, 2.45) is 0 Å². The van der Waals surface area contributed by atoms with Crippen LogP contribution in [0.4, 0.5) is 23.2 Å². The van der Waals surface area contributed by atoms with Crippen LogP contribution in [-0.4, -0.2) is 18.7 Å². The molecule has 0 bridgehead atoms. The number of benzene rings is 1. The van der Waals surface area contributed by atoms with Crippen LogP contribution in [0.1, 0.15) is 0 Å². The standard InChI is InChI=1S/C9H9F4NOS/c10-6-1-2-7(14)8(3-6)16-5-15-4-9(11,12)13/h1-3H,4-5,14H2. The van der Waals surface area contributed by atoms with Crippen molar-refractivity contribution in [1.29, 1.82) is 0 Å². The van der Waals surface area contributed by atoms with Crippen LogP contribution in [0.2, 0.25) is 0 Å². The molecule has 0 saturated carbocycles. The second-order valence-electron chi connectivity index (χ2n) is 2.91. The van der Waals surface area contributed by atoms with Crippen LogP contribution in [0.5, 0.6) is 0 Å². The first-order chi connectivity index (χ1) is 7.38. The Kier molecular flexibility index (Phi) is 4.43. The topological polar surface area (TPSA) is 35.2 Å². The van der Waals surface area contributed by atoms with Gasteiger partial charge in [-0.25, -0.2) is 4.39 Å². The highest BCUT2D eigenvalue weighted by Crippen LogP contribution is 2.26. The van der Waals surface area contributed by atoms with Crippen LogP contribution in [-0.2, 0) is 4.74 Å². The van der Waals surface area contributed by atoms with Gasteiger partial charge in [0.25, 0.3) is 0 Å². The Morgan fingerprint density at radius 3 is 2.62 bits per heavy atom. The Balaban J connectivity index is 2.40. The van der Waals surface area contributed by atoms with Crippen LogP contribution in [0.25, 0.3) is 0 Å². The largest absolute Gasteiger partial charge is 0.411 e. The quantitative estimate of drug-likeness (QED) is 0.295. The Labute approximate surface area is 93.8 Å². The normalized spacial score (nSPS) is 11.8. The summed E-state index contributed by atoms with van der Waals surface area (Å²) in [4.78, 5) is 0.363. The highest BCUT2D eigenvalue weighted by molar-refractivity contribution is 7.99. The second-order valence-corrected chi connectivity index (χ2v) is 3.87. The molecule has 0 spiro atoms. The number of hydrogen-bond donors (Lipinski definition) is 1. The average molecular weight is 255 g/mol. The van der Waals surface area contributed by atoms with Crippen molar-refractivity contribution in [3.8, 4) is 0 Å². The lowest BCUT2D eigenvalue weighted by Gasteiger charge is -2.08. The molecule has 1 aromatic rings. The summed E-state index contributed by atoms with van der Waals surface area (Å²) in [6, 6.07) is 3.67. The number of hydrogen-bond acceptors (Lipinski definition) is 3. The molecule has 0 heterocycles. The van der Waals surface area contributed by atoms with Gasteiger partial charge in [0.15, 0.2) is 0 Å². The molecule has 90 valence electrons. The number of anilines is 1. The van der Waals surface area contributed by atoms with E-state index in [9.17, 15) is 17.6 Å². The SMILES string of the molecule is Nc1ccc(F)cc1SCOCC(F)(F)F. The minimum atomic E-state index is -4.35. The zero-order valence-corrected chi connectivity index (χ0v) is 8.87. The molecule has 1 rings (SSSR count). The van der Waals surface area contributed by atoms with E-state index >= 15 is 0 Å². The molecular formula is C9H9F4NOS. The van der Waals surface area contributed by atoms with Gasteiger partial charge in [-0.1, -0.05) is 11.8 Å². The molecule has 0 aromatic heterocycles. The molecule has 7 heteroatoms. The fraction of sp³-hybridized carbons (Fsp3) is 0.333. The fourth-order valence-corrected chi connectivity index (χ4v) is 1.62. The summed E-state index contributed by atoms with van der Waals surface area (Å²) in [5, 5.41) is 0. The summed E-state index contributed by atoms with van der Waals surface area (Å²) in [6.07, 6.45) is -4.35. The number of alkyl halides is 3. The van der Waals surface area contributed by atoms with E-state index in [1.807, 2.05) is 0 Å². The maximum atomic E-state index is 12.8. The highest BCUT2D eigenvalue weighted by Gasteiger charge is 2.27. The molecule has 0 radical (unpaired) electrons. The third-order valence-electron chi connectivity index (χ3n) is 1.54. The van der Waals surface area contributed by atoms with E-state index in [1.165, 1.54) is 12.1 Å². The summed E-state index contributed by atoms with van der Waals surface area (Å²) < 4.78 is 52.2. The van der Waals surface area contributed by atoms with Crippen LogP contribution >= 0.6 is 11.8 Å². The number of nitrogens with two attached hydrogens (primary N) is 1. The van der Waals surface area contributed by atoms with Crippen molar-refractivity contribution < 1.29 is 22.3 Å². The summed E-state index contributed by atoms with van der Waals surface area (Å²) >= 11 is 0.915. The van der Waals surface area contributed by atoms with E-state index in [-0.39, 0.29) is 5.94 Å². The van der Waals surface area contributed by atoms with Crippen LogP contribution < -0.4 is 5.73 Å². The summed E-state index contributed by atoms with van der Waals surface area (Å²) in [6.45, 7) is -1.32. The molecule has 0 aliphatic carbocycles. The zero-order valence-electron chi connectivity index (χ0n) is 8.05. The molecule has 0 amide bonds. The van der Waals surface area contributed by atoms with E-state index in [4.69, 9.17) is 5.73 Å². The lowest BCUT2D eigenvalue weighted by molar-refractivity contribution is -0.168. The molecular weight excluding hydrogens is 246 g/mol. The van der Waals surface area contributed by atoms with Crippen LogP contribution in [0.3, 0.4) is 0 Å². The first-order valence-corrected chi connectivity index (χ1v) is 5.19. The number of rotatable bonds is 4. The third kappa shape index (κ3) is 4.71. The van der Waals surface area contributed by atoms with Crippen LogP contribution in [0.15, 0.2) is 23.1 Å². The maximum Gasteiger partial charge on any atom is 0.411 e. The lowest BCUT2D eigenvalue weighted by atomic mass is 10.3. The highest BCUT2D eigenvalue weighted by atomic mass is 32.2. The second kappa shape index (κ2) is 5.40. The molecule has 0 aliphatic rings. The van der Waals surface area contributed by atoms with Crippen LogP contribution in [0, 0.1) is 5.82 Å². The van der Waals surface area contributed by atoms with Gasteiger partial charge >= 0.3 is 6.18 Å². The Hall–Kier alpha value is -0.950. The summed E-state index contributed by atoms with van der Waals surface area (Å²) in [5.74, 6) is -0.722. The molecule has 0 atom stereocenters. The first-order valence-electron chi connectivity index (χ1n) is 4.21. The first kappa shape index (κ1) is 13.1. The average Bonchev–Trinajstić information content (AvgIpc) is 2.16. The minimum absolute atomic E-state index is 0.229. The van der Waals surface area contributed by atoms with Gasteiger partial charge in [0, 0.05) is 10.6 Å². The maximum absolute atomic E-state index is 12.8. The van der Waals surface area contributed by atoms with E-state index < -0.39 is 18.6 Å². The molecule has 0 saturated heterocycles. The third-order valence-corrected chi connectivity index (χ3v) is 2.49. The van der Waals surface area contributed by atoms with Crippen molar-refractivity contribution in [2.75, 3.05) is 18.3 Å². The number of nitrogen functional groups attached to an aromatic ring is 1. The van der Waals surface area contributed by atoms with Gasteiger partial charge in [0.05, 0.1) is 5.94 Å². The fourth-order valence-electron chi connectivity index (χ4n) is 0.896. The van der Waals surface area contributed by atoms with Gasteiger partial charge in [-0.15, -0.1) is 0 Å². The molecule has 2 nitrogen and oxygen atoms in total. The molecule has 0 fully saturated rings. The zero-order chi connectivity index (χ0) is 12.2. The number of thioether (sulfide) groups is 1. The van der Waals surface area contributed by atoms with E-state index in [0.29, 0.717) is 10.6 Å². The van der Waals surface area contributed by atoms with E-state index in [1.54, 1.807) is 0 Å². The monoisotopic (exact) mass is 255 g/mol. The van der Waals surface area contributed by atoms with Gasteiger partial charge in [-0.2, -0.15) is 13.2 Å². The lowest BCUT2D eigenvalue weighted by Crippen LogP contribution is -2.16. The predicted molar refractivity (Wildman–Crippen MR) is 53.5 cm³/mol. The van der Waals surface area contributed by atoms with Gasteiger partial charge in [0.2, 0.25) is 0 Å². The Bertz CT molecular complexity index is 356. The van der Waals surface area contributed by atoms with E-state index in [2.05, 4.69) is 4.74 Å². The number of ether oxygens (including phenoxy) is 1. The van der Waals surface area contributed by atoms with Crippen molar-refractivity contribution in [1.82, 2.24) is 0 Å². The van der Waals surface area contributed by atoms with Gasteiger partial charge in [-0.3, -0.25) is 0 Å². The summed E-state index contributed by atoms with van der Waals surface area (Å²) in [5.41, 5.74) is 5.80. The predicted octanol–water partition coefficient (Wildman–Crippen LogP) is 3.04. The Morgan fingerprint density at radius 2 is 2.00 bits per heavy atom. The van der Waals surface area contributed by atoms with Crippen molar-refractivity contribution >= 4 is 17.4 Å². The Morgan fingerprint density at radius 1 is 1.31 bits per heavy atom. The van der Waals surface area contributed by atoms with Gasteiger partial charge in [-0.05, 0) is 18.2 Å². The van der Waals surface area contributed by atoms with Crippen molar-refractivity contribution in [2.45, 2.75) is 11.1 Å². The molecule has 16 heavy (non-hydrogen) atoms. The van der Waals surface area contributed by atoms with Crippen molar-refractivity contribution in [3.63, 3.8) is 0 Å². The van der Waals surface area contributed by atoms with Crippen molar-refractivity contribution in [3.05, 3.63) is 24.0 Å². The molecule has 1 aromatic carbocycles. The smallest absolute Gasteiger partial charge is 0.398 e. The summed E-state index contributed by atoms with van der Waals surface area (Å²) in [7, 11) is 0. The van der Waals surface area contributed by atoms with Gasteiger partial charge in [0.1, 0.15) is 12.4 Å². The van der Waals surface area contributed by atoms with E-state index in [0.717, 1.165) is 17.8 Å². The molecule has 0 unspecified atom stereocenters. The van der Waals surface area contributed by atoms with Gasteiger partial charge < -0.3 is 10.5 Å². The molecule has 2 N–H and O–H groups in total.